The molecule has 1 aromatic heterocycles. The van der Waals surface area contributed by atoms with Crippen LogP contribution in [0, 0.1) is 6.92 Å². The highest BCUT2D eigenvalue weighted by Gasteiger charge is 2.33. The van der Waals surface area contributed by atoms with E-state index in [4.69, 9.17) is 4.74 Å². The monoisotopic (exact) mass is 513 g/mol. The van der Waals surface area contributed by atoms with Gasteiger partial charge < -0.3 is 14.8 Å². The maximum atomic E-state index is 13.2. The highest BCUT2D eigenvalue weighted by Crippen LogP contribution is 2.43. The number of alkyl halides is 2. The predicted molar refractivity (Wildman–Crippen MR) is 142 cm³/mol. The minimum atomic E-state index is -2.39. The number of aryl methyl sites for hydroxylation is 1. The fraction of sp³-hybridized carbons (Fsp3) is 0.483. The highest BCUT2D eigenvalue weighted by atomic mass is 19.3. The van der Waals surface area contributed by atoms with E-state index in [9.17, 15) is 18.7 Å². The molecule has 2 fully saturated rings. The van der Waals surface area contributed by atoms with Crippen LogP contribution in [0.25, 0.3) is 10.9 Å². The summed E-state index contributed by atoms with van der Waals surface area (Å²) in [5.74, 6) is 0.160. The van der Waals surface area contributed by atoms with Crippen LogP contribution in [0.15, 0.2) is 36.5 Å². The van der Waals surface area contributed by atoms with Gasteiger partial charge in [-0.15, -0.1) is 0 Å². The van der Waals surface area contributed by atoms with Crippen molar-refractivity contribution in [1.82, 2.24) is 14.8 Å². The molecule has 200 valence electrons. The Bertz CT molecular complexity index is 1240. The van der Waals surface area contributed by atoms with E-state index in [-0.39, 0.29) is 18.5 Å². The number of carbonyl (C=O) groups is 1. The second-order valence-electron chi connectivity index (χ2n) is 9.70. The molecule has 8 heteroatoms. The fourth-order valence-corrected chi connectivity index (χ4v) is 5.44. The van der Waals surface area contributed by atoms with Crippen molar-refractivity contribution in [2.24, 2.45) is 0 Å². The van der Waals surface area contributed by atoms with Crippen molar-refractivity contribution in [2.45, 2.75) is 58.5 Å². The number of hydrogen-bond donors (Lipinski definition) is 2. The number of methoxy groups -OCH3 is 1. The minimum Gasteiger partial charge on any atom is -0.496 e. The Hall–Kier alpha value is -2.97. The van der Waals surface area contributed by atoms with Gasteiger partial charge in [-0.25, -0.2) is 13.6 Å². The number of aromatic carboxylic acids is 1. The van der Waals surface area contributed by atoms with E-state index in [0.29, 0.717) is 31.7 Å². The highest BCUT2D eigenvalue weighted by molar-refractivity contribution is 5.90. The van der Waals surface area contributed by atoms with E-state index >= 15 is 0 Å². The molecule has 2 N–H and O–H groups in total. The van der Waals surface area contributed by atoms with Crippen LogP contribution in [0.3, 0.4) is 0 Å². The van der Waals surface area contributed by atoms with E-state index in [1.807, 2.05) is 50.1 Å². The van der Waals surface area contributed by atoms with Gasteiger partial charge in [-0.05, 0) is 60.6 Å². The van der Waals surface area contributed by atoms with Crippen LogP contribution in [-0.2, 0) is 6.54 Å². The van der Waals surface area contributed by atoms with Crippen molar-refractivity contribution < 1.29 is 23.4 Å². The number of aromatic nitrogens is 1. The number of rotatable bonds is 8. The molecule has 0 spiro atoms. The number of H-pyrrole nitrogens is 1. The SMILES string of the molecule is CC.COc1cc(C)c2[nH]ccc2c1CN1CCN(CC(F)F)CC1c1ccc(C(=O)O)c(C2CC2)c1. The van der Waals surface area contributed by atoms with Gasteiger partial charge in [0.15, 0.2) is 0 Å². The smallest absolute Gasteiger partial charge is 0.335 e. The Morgan fingerprint density at radius 3 is 2.59 bits per heavy atom. The van der Waals surface area contributed by atoms with Gasteiger partial charge in [-0.2, -0.15) is 0 Å². The first-order valence-electron chi connectivity index (χ1n) is 13.1. The molecule has 37 heavy (non-hydrogen) atoms. The zero-order chi connectivity index (χ0) is 26.7. The molecule has 2 aromatic carbocycles. The van der Waals surface area contributed by atoms with Crippen molar-refractivity contribution in [3.63, 3.8) is 0 Å². The Balaban J connectivity index is 0.00000156. The Morgan fingerprint density at radius 2 is 1.95 bits per heavy atom. The first-order chi connectivity index (χ1) is 17.9. The molecule has 0 bridgehead atoms. The number of halogens is 2. The van der Waals surface area contributed by atoms with Gasteiger partial charge in [0.05, 0.1) is 19.2 Å². The molecule has 1 aliphatic carbocycles. The first kappa shape index (κ1) is 27.1. The van der Waals surface area contributed by atoms with Gasteiger partial charge in [0.25, 0.3) is 6.43 Å². The van der Waals surface area contributed by atoms with Gasteiger partial charge in [0.2, 0.25) is 0 Å². The van der Waals surface area contributed by atoms with Gasteiger partial charge in [0.1, 0.15) is 5.75 Å². The standard InChI is InChI=1S/C27H31F2N3O3.C2H6/c1-16-11-24(35-2)22(19-7-8-30-26(16)19)13-32-10-9-31(15-25(28)29)14-23(32)18-5-6-20(27(33)34)21(12-18)17-3-4-17;1-2/h5-8,11-12,17,23,25,30H,3-4,9-10,13-15H2,1-2H3,(H,33,34);1-2H3. The Labute approximate surface area is 217 Å². The molecular formula is C29H37F2N3O3. The quantitative estimate of drug-likeness (QED) is 0.375. The molecule has 1 unspecified atom stereocenters. The van der Waals surface area contributed by atoms with Gasteiger partial charge in [-0.3, -0.25) is 9.80 Å². The predicted octanol–water partition coefficient (Wildman–Crippen LogP) is 6.21. The van der Waals surface area contributed by atoms with Crippen LogP contribution in [0.2, 0.25) is 0 Å². The number of piperazine rings is 1. The average Bonchev–Trinajstić information content (AvgIpc) is 3.62. The fourth-order valence-electron chi connectivity index (χ4n) is 5.44. The molecule has 2 heterocycles. The zero-order valence-electron chi connectivity index (χ0n) is 22.1. The maximum absolute atomic E-state index is 13.2. The number of ether oxygens (including phenoxy) is 1. The van der Waals surface area contributed by atoms with Crippen LogP contribution in [0.4, 0.5) is 8.78 Å². The lowest BCUT2D eigenvalue weighted by Gasteiger charge is -2.42. The number of carboxylic acid groups (broad SMARTS) is 1. The number of benzene rings is 2. The molecule has 3 aromatic rings. The molecular weight excluding hydrogens is 476 g/mol. The third-order valence-electron chi connectivity index (χ3n) is 7.37. The van der Waals surface area contributed by atoms with Gasteiger partial charge in [0, 0.05) is 54.9 Å². The van der Waals surface area contributed by atoms with Crippen LogP contribution in [-0.4, -0.2) is 65.6 Å². The van der Waals surface area contributed by atoms with Crippen molar-refractivity contribution in [2.75, 3.05) is 33.3 Å². The summed E-state index contributed by atoms with van der Waals surface area (Å²) in [6.07, 6.45) is 1.50. The molecule has 0 radical (unpaired) electrons. The lowest BCUT2D eigenvalue weighted by molar-refractivity contribution is 0.0245. The molecule has 1 saturated heterocycles. The average molecular weight is 514 g/mol. The van der Waals surface area contributed by atoms with Crippen LogP contribution in [0.5, 0.6) is 5.75 Å². The summed E-state index contributed by atoms with van der Waals surface area (Å²) in [5.41, 5.74) is 5.41. The van der Waals surface area contributed by atoms with Crippen molar-refractivity contribution in [3.8, 4) is 5.75 Å². The van der Waals surface area contributed by atoms with E-state index in [0.717, 1.165) is 51.7 Å². The molecule has 1 atom stereocenters. The van der Waals surface area contributed by atoms with E-state index in [1.165, 1.54) is 0 Å². The van der Waals surface area contributed by atoms with E-state index < -0.39 is 12.4 Å². The van der Waals surface area contributed by atoms with Gasteiger partial charge >= 0.3 is 5.97 Å². The minimum absolute atomic E-state index is 0.136. The number of aromatic amines is 1. The maximum Gasteiger partial charge on any atom is 0.335 e. The lowest BCUT2D eigenvalue weighted by Crippen LogP contribution is -2.49. The number of nitrogens with one attached hydrogen (secondary N) is 1. The second-order valence-corrected chi connectivity index (χ2v) is 9.70. The molecule has 2 aliphatic rings. The molecule has 5 rings (SSSR count). The van der Waals surface area contributed by atoms with E-state index in [2.05, 4.69) is 16.0 Å². The summed E-state index contributed by atoms with van der Waals surface area (Å²) in [6, 6.07) is 9.49. The number of nitrogens with zero attached hydrogens (tertiary/aromatic N) is 2. The normalized spacial score (nSPS) is 18.6. The van der Waals surface area contributed by atoms with Crippen molar-refractivity contribution >= 4 is 16.9 Å². The Morgan fingerprint density at radius 1 is 1.19 bits per heavy atom. The molecule has 0 amide bonds. The zero-order valence-corrected chi connectivity index (χ0v) is 22.1. The summed E-state index contributed by atoms with van der Waals surface area (Å²) in [4.78, 5) is 19.2. The summed E-state index contributed by atoms with van der Waals surface area (Å²) in [7, 11) is 1.67. The number of hydrogen-bond acceptors (Lipinski definition) is 4. The summed E-state index contributed by atoms with van der Waals surface area (Å²) in [6.45, 7) is 8.02. The lowest BCUT2D eigenvalue weighted by atomic mass is 9.94. The van der Waals surface area contributed by atoms with Crippen LogP contribution >= 0.6 is 0 Å². The molecule has 1 saturated carbocycles. The number of carboxylic acids is 1. The third kappa shape index (κ3) is 5.80. The van der Waals surface area contributed by atoms with Crippen LogP contribution in [0.1, 0.15) is 71.3 Å². The second kappa shape index (κ2) is 11.6. The summed E-state index contributed by atoms with van der Waals surface area (Å²) < 4.78 is 32.2. The van der Waals surface area contributed by atoms with Crippen molar-refractivity contribution in [1.29, 1.82) is 0 Å². The van der Waals surface area contributed by atoms with Crippen LogP contribution < -0.4 is 4.74 Å². The molecule has 6 nitrogen and oxygen atoms in total. The topological polar surface area (TPSA) is 68.8 Å². The first-order valence-corrected chi connectivity index (χ1v) is 13.1. The summed E-state index contributed by atoms with van der Waals surface area (Å²) in [5, 5.41) is 10.8. The number of fused-ring (bicyclic) bond motifs is 1. The third-order valence-corrected chi connectivity index (χ3v) is 7.37. The molecule has 1 aliphatic heterocycles. The Kier molecular flexibility index (Phi) is 8.49. The van der Waals surface area contributed by atoms with Crippen molar-refractivity contribution in [3.05, 3.63) is 64.3 Å². The van der Waals surface area contributed by atoms with Gasteiger partial charge in [-0.1, -0.05) is 26.0 Å². The van der Waals surface area contributed by atoms with E-state index in [1.54, 1.807) is 13.2 Å². The summed E-state index contributed by atoms with van der Waals surface area (Å²) >= 11 is 0. The largest absolute Gasteiger partial charge is 0.496 e.